The molecule has 1 fully saturated rings. The van der Waals surface area contributed by atoms with Gasteiger partial charge in [0.1, 0.15) is 0 Å². The zero-order valence-electron chi connectivity index (χ0n) is 12.0. The van der Waals surface area contributed by atoms with Gasteiger partial charge in [-0.25, -0.2) is 0 Å². The van der Waals surface area contributed by atoms with Gasteiger partial charge in [0.25, 0.3) is 0 Å². The lowest BCUT2D eigenvalue weighted by Crippen LogP contribution is -2.40. The summed E-state index contributed by atoms with van der Waals surface area (Å²) in [6.07, 6.45) is 2.93. The molecule has 6 heteroatoms. The highest BCUT2D eigenvalue weighted by Crippen LogP contribution is 2.17. The second-order valence-corrected chi connectivity index (χ2v) is 5.37. The fourth-order valence-electron chi connectivity index (χ4n) is 2.70. The van der Waals surface area contributed by atoms with Crippen molar-refractivity contribution < 1.29 is 9.59 Å². The Hall–Kier alpha value is -2.08. The first kappa shape index (κ1) is 15.3. The Balaban J connectivity index is 1.73. The highest BCUT2D eigenvalue weighted by molar-refractivity contribution is 5.91. The van der Waals surface area contributed by atoms with Crippen molar-refractivity contribution in [1.29, 1.82) is 0 Å². The summed E-state index contributed by atoms with van der Waals surface area (Å²) in [5.74, 6) is -0.313. The second kappa shape index (κ2) is 7.08. The average Bonchev–Trinajstić information content (AvgIpc) is 2.87. The van der Waals surface area contributed by atoms with Crippen molar-refractivity contribution in [2.75, 3.05) is 24.1 Å². The number of amides is 2. The molecular weight excluding hydrogens is 268 g/mol. The van der Waals surface area contributed by atoms with Crippen molar-refractivity contribution in [2.45, 2.75) is 31.7 Å². The van der Waals surface area contributed by atoms with Crippen LogP contribution in [0.1, 0.15) is 25.7 Å². The summed E-state index contributed by atoms with van der Waals surface area (Å²) in [4.78, 5) is 25.2. The van der Waals surface area contributed by atoms with Crippen LogP contribution in [-0.4, -0.2) is 35.8 Å². The number of nitrogens with zero attached hydrogens (tertiary/aromatic N) is 1. The maximum absolute atomic E-state index is 11.9. The topological polar surface area (TPSA) is 101 Å². The standard InChI is InChI=1S/C15H22N4O2/c16-11-4-1-5-12(10-11)18-14(20)7-3-9-19-8-2-6-13(19)15(17)21/h1,4-5,10,13H,2-3,6-9,16H2,(H2,17,21)(H,18,20). The summed E-state index contributed by atoms with van der Waals surface area (Å²) in [6, 6.07) is 6.93. The van der Waals surface area contributed by atoms with Crippen molar-refractivity contribution in [3.8, 4) is 0 Å². The molecule has 0 aliphatic carbocycles. The quantitative estimate of drug-likeness (QED) is 0.678. The fourth-order valence-corrected chi connectivity index (χ4v) is 2.70. The number of rotatable bonds is 6. The molecule has 1 heterocycles. The molecule has 1 saturated heterocycles. The number of nitrogens with two attached hydrogens (primary N) is 2. The number of primary amides is 1. The van der Waals surface area contributed by atoms with Crippen molar-refractivity contribution >= 4 is 23.2 Å². The number of carbonyl (C=O) groups excluding carboxylic acids is 2. The van der Waals surface area contributed by atoms with Crippen LogP contribution >= 0.6 is 0 Å². The van der Waals surface area contributed by atoms with Gasteiger partial charge in [-0.3, -0.25) is 14.5 Å². The van der Waals surface area contributed by atoms with Crippen molar-refractivity contribution in [3.05, 3.63) is 24.3 Å². The van der Waals surface area contributed by atoms with E-state index in [-0.39, 0.29) is 17.9 Å². The van der Waals surface area contributed by atoms with E-state index in [0.717, 1.165) is 25.9 Å². The van der Waals surface area contributed by atoms with Gasteiger partial charge in [0.2, 0.25) is 11.8 Å². The molecule has 2 amide bonds. The summed E-state index contributed by atoms with van der Waals surface area (Å²) < 4.78 is 0. The smallest absolute Gasteiger partial charge is 0.234 e. The van der Waals surface area contributed by atoms with E-state index in [0.29, 0.717) is 24.2 Å². The van der Waals surface area contributed by atoms with Crippen LogP contribution in [0.4, 0.5) is 11.4 Å². The van der Waals surface area contributed by atoms with Crippen LogP contribution in [0, 0.1) is 0 Å². The highest BCUT2D eigenvalue weighted by atomic mass is 16.2. The molecule has 5 N–H and O–H groups in total. The molecule has 1 aliphatic heterocycles. The number of anilines is 2. The Morgan fingerprint density at radius 3 is 2.90 bits per heavy atom. The summed E-state index contributed by atoms with van der Waals surface area (Å²) >= 11 is 0. The van der Waals surface area contributed by atoms with Gasteiger partial charge in [-0.1, -0.05) is 6.07 Å². The maximum Gasteiger partial charge on any atom is 0.234 e. The van der Waals surface area contributed by atoms with E-state index in [1.165, 1.54) is 0 Å². The SMILES string of the molecule is NC(=O)C1CCCN1CCCC(=O)Nc1cccc(N)c1. The third-order valence-electron chi connectivity index (χ3n) is 3.71. The number of likely N-dealkylation sites (tertiary alicyclic amines) is 1. The molecule has 1 aromatic carbocycles. The number of benzene rings is 1. The Kier molecular flexibility index (Phi) is 5.16. The molecule has 2 rings (SSSR count). The summed E-state index contributed by atoms with van der Waals surface area (Å²) in [7, 11) is 0. The molecule has 1 atom stereocenters. The fraction of sp³-hybridized carbons (Fsp3) is 0.467. The van der Waals surface area contributed by atoms with Crippen molar-refractivity contribution in [3.63, 3.8) is 0 Å². The lowest BCUT2D eigenvalue weighted by Gasteiger charge is -2.21. The predicted molar refractivity (Wildman–Crippen MR) is 82.5 cm³/mol. The van der Waals surface area contributed by atoms with E-state index in [1.807, 2.05) is 0 Å². The van der Waals surface area contributed by atoms with Crippen LogP contribution in [0.5, 0.6) is 0 Å². The number of nitrogens with one attached hydrogen (secondary N) is 1. The van der Waals surface area contributed by atoms with E-state index in [2.05, 4.69) is 10.2 Å². The number of nitrogen functional groups attached to an aromatic ring is 1. The Labute approximate surface area is 124 Å². The van der Waals surface area contributed by atoms with Crippen LogP contribution in [0.2, 0.25) is 0 Å². The number of hydrogen-bond donors (Lipinski definition) is 3. The molecule has 1 aliphatic rings. The molecule has 1 unspecified atom stereocenters. The van der Waals surface area contributed by atoms with Crippen molar-refractivity contribution in [1.82, 2.24) is 4.90 Å². The Bertz CT molecular complexity index is 518. The molecule has 114 valence electrons. The highest BCUT2D eigenvalue weighted by Gasteiger charge is 2.28. The lowest BCUT2D eigenvalue weighted by molar-refractivity contribution is -0.122. The minimum atomic E-state index is -0.267. The van der Waals surface area contributed by atoms with Gasteiger partial charge >= 0.3 is 0 Å². The summed E-state index contributed by atoms with van der Waals surface area (Å²) in [5.41, 5.74) is 12.3. The van der Waals surface area contributed by atoms with Crippen molar-refractivity contribution in [2.24, 2.45) is 5.73 Å². The van der Waals surface area contributed by atoms with Gasteiger partial charge in [0, 0.05) is 17.8 Å². The van der Waals surface area contributed by atoms with Crippen LogP contribution in [0.3, 0.4) is 0 Å². The van der Waals surface area contributed by atoms with E-state index in [4.69, 9.17) is 11.5 Å². The minimum Gasteiger partial charge on any atom is -0.399 e. The largest absolute Gasteiger partial charge is 0.399 e. The molecule has 6 nitrogen and oxygen atoms in total. The average molecular weight is 290 g/mol. The monoisotopic (exact) mass is 290 g/mol. The number of hydrogen-bond acceptors (Lipinski definition) is 4. The van der Waals surface area contributed by atoms with Crippen LogP contribution in [0.25, 0.3) is 0 Å². The first-order chi connectivity index (χ1) is 10.1. The third-order valence-corrected chi connectivity index (χ3v) is 3.71. The van der Waals surface area contributed by atoms with Gasteiger partial charge in [-0.05, 0) is 50.6 Å². The van der Waals surface area contributed by atoms with Gasteiger partial charge in [-0.2, -0.15) is 0 Å². The molecular formula is C15H22N4O2. The van der Waals surface area contributed by atoms with Gasteiger partial charge < -0.3 is 16.8 Å². The summed E-state index contributed by atoms with van der Waals surface area (Å²) in [5, 5.41) is 2.81. The molecule has 21 heavy (non-hydrogen) atoms. The molecule has 0 saturated carbocycles. The van der Waals surface area contributed by atoms with E-state index in [1.54, 1.807) is 24.3 Å². The van der Waals surface area contributed by atoms with Crippen LogP contribution in [-0.2, 0) is 9.59 Å². The molecule has 0 spiro atoms. The van der Waals surface area contributed by atoms with E-state index >= 15 is 0 Å². The van der Waals surface area contributed by atoms with Crippen LogP contribution in [0.15, 0.2) is 24.3 Å². The minimum absolute atomic E-state index is 0.0459. The van der Waals surface area contributed by atoms with Gasteiger partial charge in [-0.15, -0.1) is 0 Å². The Morgan fingerprint density at radius 2 is 2.19 bits per heavy atom. The van der Waals surface area contributed by atoms with Gasteiger partial charge in [0.15, 0.2) is 0 Å². The zero-order chi connectivity index (χ0) is 15.2. The van der Waals surface area contributed by atoms with E-state index < -0.39 is 0 Å². The van der Waals surface area contributed by atoms with Gasteiger partial charge in [0.05, 0.1) is 6.04 Å². The third kappa shape index (κ3) is 4.46. The van der Waals surface area contributed by atoms with Crippen LogP contribution < -0.4 is 16.8 Å². The maximum atomic E-state index is 11.9. The Morgan fingerprint density at radius 1 is 1.38 bits per heavy atom. The first-order valence-electron chi connectivity index (χ1n) is 7.25. The normalized spacial score (nSPS) is 18.6. The molecule has 0 aromatic heterocycles. The second-order valence-electron chi connectivity index (χ2n) is 5.37. The molecule has 0 bridgehead atoms. The number of carbonyl (C=O) groups is 2. The molecule has 1 aromatic rings. The van der Waals surface area contributed by atoms with E-state index in [9.17, 15) is 9.59 Å². The molecule has 0 radical (unpaired) electrons. The zero-order valence-corrected chi connectivity index (χ0v) is 12.0. The predicted octanol–water partition coefficient (Wildman–Crippen LogP) is 0.937. The lowest BCUT2D eigenvalue weighted by atomic mass is 10.2. The first-order valence-corrected chi connectivity index (χ1v) is 7.25. The summed E-state index contributed by atoms with van der Waals surface area (Å²) in [6.45, 7) is 1.60.